The number of amides is 2. The van der Waals surface area contributed by atoms with Crippen molar-refractivity contribution in [3.05, 3.63) is 65.7 Å². The molecule has 7 nitrogen and oxygen atoms in total. The van der Waals surface area contributed by atoms with Gasteiger partial charge in [-0.1, -0.05) is 42.5 Å². The van der Waals surface area contributed by atoms with Crippen molar-refractivity contribution >= 4 is 11.8 Å². The van der Waals surface area contributed by atoms with Gasteiger partial charge in [-0.25, -0.2) is 0 Å². The molecule has 0 radical (unpaired) electrons. The fourth-order valence-electron chi connectivity index (χ4n) is 3.83. The topological polar surface area (TPSA) is 71.1 Å². The minimum atomic E-state index is -0.596. The van der Waals surface area contributed by atoms with Gasteiger partial charge in [0.1, 0.15) is 11.8 Å². The van der Waals surface area contributed by atoms with Gasteiger partial charge in [-0.05, 0) is 23.3 Å². The predicted octanol–water partition coefficient (Wildman–Crippen LogP) is 2.10. The van der Waals surface area contributed by atoms with Gasteiger partial charge in [0.05, 0.1) is 20.3 Å². The Morgan fingerprint density at radius 3 is 2.38 bits per heavy atom. The van der Waals surface area contributed by atoms with E-state index in [1.54, 1.807) is 12.0 Å². The average molecular weight is 440 g/mol. The highest BCUT2D eigenvalue weighted by atomic mass is 16.5. The van der Waals surface area contributed by atoms with Crippen molar-refractivity contribution in [2.75, 3.05) is 46.5 Å². The maximum atomic E-state index is 13.3. The third-order valence-corrected chi connectivity index (χ3v) is 5.70. The van der Waals surface area contributed by atoms with E-state index in [1.807, 2.05) is 54.6 Å². The van der Waals surface area contributed by atoms with Crippen molar-refractivity contribution < 1.29 is 19.1 Å². The monoisotopic (exact) mass is 439 g/mol. The fraction of sp³-hybridized carbons (Fsp3) is 0.440. The number of morpholine rings is 1. The molecule has 172 valence electrons. The number of rotatable bonds is 10. The molecule has 0 bridgehead atoms. The molecule has 2 amide bonds. The summed E-state index contributed by atoms with van der Waals surface area (Å²) in [4.78, 5) is 29.8. The first-order valence-corrected chi connectivity index (χ1v) is 11.1. The van der Waals surface area contributed by atoms with E-state index in [-0.39, 0.29) is 11.8 Å². The van der Waals surface area contributed by atoms with E-state index in [2.05, 4.69) is 10.2 Å². The Morgan fingerprint density at radius 1 is 1.06 bits per heavy atom. The van der Waals surface area contributed by atoms with Crippen molar-refractivity contribution in [1.29, 1.82) is 0 Å². The number of benzene rings is 2. The first-order valence-electron chi connectivity index (χ1n) is 11.1. The second-order valence-electron chi connectivity index (χ2n) is 7.95. The number of hydrogen-bond acceptors (Lipinski definition) is 5. The lowest BCUT2D eigenvalue weighted by molar-refractivity contribution is -0.139. The van der Waals surface area contributed by atoms with E-state index >= 15 is 0 Å². The van der Waals surface area contributed by atoms with Crippen LogP contribution in [-0.4, -0.2) is 74.2 Å². The number of nitrogens with one attached hydrogen (secondary N) is 1. The number of carbonyl (C=O) groups is 2. The van der Waals surface area contributed by atoms with Crippen LogP contribution in [0.15, 0.2) is 54.6 Å². The quantitative estimate of drug-likeness (QED) is 0.614. The summed E-state index contributed by atoms with van der Waals surface area (Å²) in [5.74, 6) is 0.487. The molecule has 0 aliphatic carbocycles. The lowest BCUT2D eigenvalue weighted by atomic mass is 10.0. The Morgan fingerprint density at radius 2 is 1.75 bits per heavy atom. The zero-order chi connectivity index (χ0) is 22.8. The maximum Gasteiger partial charge on any atom is 0.243 e. The van der Waals surface area contributed by atoms with Crippen molar-refractivity contribution in [2.45, 2.75) is 25.9 Å². The minimum absolute atomic E-state index is 0.133. The van der Waals surface area contributed by atoms with Gasteiger partial charge < -0.3 is 19.7 Å². The number of nitrogens with zero attached hydrogens (tertiary/aromatic N) is 2. The summed E-state index contributed by atoms with van der Waals surface area (Å²) in [5.41, 5.74) is 1.96. The standard InChI is InChI=1S/C25H33N3O4/c1-20(29)28(19-22-8-10-23(31-2)11-9-22)24(18-21-6-4-3-5-7-21)25(30)26-12-13-27-14-16-32-17-15-27/h3-11,24H,12-19H2,1-2H3,(H,26,30)/t24-/m1/s1. The summed E-state index contributed by atoms with van der Waals surface area (Å²) >= 11 is 0. The molecule has 7 heteroatoms. The molecular formula is C25H33N3O4. The Kier molecular flexibility index (Phi) is 9.07. The molecule has 0 saturated carbocycles. The third-order valence-electron chi connectivity index (χ3n) is 5.70. The smallest absolute Gasteiger partial charge is 0.243 e. The van der Waals surface area contributed by atoms with Crippen LogP contribution in [0, 0.1) is 0 Å². The number of methoxy groups -OCH3 is 1. The van der Waals surface area contributed by atoms with E-state index in [9.17, 15) is 9.59 Å². The molecule has 0 aromatic heterocycles. The fourth-order valence-corrected chi connectivity index (χ4v) is 3.83. The van der Waals surface area contributed by atoms with Gasteiger partial charge >= 0.3 is 0 Å². The van der Waals surface area contributed by atoms with Gasteiger partial charge in [0.2, 0.25) is 11.8 Å². The van der Waals surface area contributed by atoms with Gasteiger partial charge in [-0.2, -0.15) is 0 Å². The molecule has 0 spiro atoms. The molecule has 1 N–H and O–H groups in total. The van der Waals surface area contributed by atoms with Crippen LogP contribution in [0.3, 0.4) is 0 Å². The first-order chi connectivity index (χ1) is 15.6. The van der Waals surface area contributed by atoms with Crippen molar-refractivity contribution in [2.24, 2.45) is 0 Å². The van der Waals surface area contributed by atoms with E-state index in [1.165, 1.54) is 6.92 Å². The van der Waals surface area contributed by atoms with Gasteiger partial charge in [0.15, 0.2) is 0 Å². The maximum absolute atomic E-state index is 13.3. The van der Waals surface area contributed by atoms with Crippen LogP contribution in [0.4, 0.5) is 0 Å². The molecule has 1 saturated heterocycles. The summed E-state index contributed by atoms with van der Waals surface area (Å²) in [5, 5.41) is 3.05. The Balaban J connectivity index is 1.71. The van der Waals surface area contributed by atoms with Crippen LogP contribution in [0.5, 0.6) is 5.75 Å². The van der Waals surface area contributed by atoms with Crippen LogP contribution >= 0.6 is 0 Å². The number of hydrogen-bond donors (Lipinski definition) is 1. The molecule has 2 aromatic carbocycles. The highest BCUT2D eigenvalue weighted by molar-refractivity contribution is 5.87. The summed E-state index contributed by atoms with van der Waals surface area (Å²) in [7, 11) is 1.62. The number of ether oxygens (including phenoxy) is 2. The second-order valence-corrected chi connectivity index (χ2v) is 7.95. The van der Waals surface area contributed by atoms with Gasteiger partial charge in [0, 0.05) is 46.1 Å². The molecule has 1 heterocycles. The van der Waals surface area contributed by atoms with Crippen LogP contribution in [0.1, 0.15) is 18.1 Å². The zero-order valence-corrected chi connectivity index (χ0v) is 19.0. The molecular weight excluding hydrogens is 406 g/mol. The Hall–Kier alpha value is -2.90. The highest BCUT2D eigenvalue weighted by Gasteiger charge is 2.28. The molecule has 2 aromatic rings. The Bertz CT molecular complexity index is 851. The third kappa shape index (κ3) is 7.07. The summed E-state index contributed by atoms with van der Waals surface area (Å²) in [6.45, 7) is 6.39. The number of carbonyl (C=O) groups excluding carboxylic acids is 2. The van der Waals surface area contributed by atoms with E-state index in [0.717, 1.165) is 49.7 Å². The largest absolute Gasteiger partial charge is 0.497 e. The van der Waals surface area contributed by atoms with Crippen LogP contribution in [-0.2, 0) is 27.3 Å². The van der Waals surface area contributed by atoms with Gasteiger partial charge in [0.25, 0.3) is 0 Å². The predicted molar refractivity (Wildman–Crippen MR) is 123 cm³/mol. The van der Waals surface area contributed by atoms with Crippen molar-refractivity contribution in [3.8, 4) is 5.75 Å². The molecule has 1 atom stereocenters. The van der Waals surface area contributed by atoms with Crippen LogP contribution < -0.4 is 10.1 Å². The molecule has 0 unspecified atom stereocenters. The summed E-state index contributed by atoms with van der Waals surface area (Å²) < 4.78 is 10.6. The first kappa shape index (κ1) is 23.8. The molecule has 3 rings (SSSR count). The molecule has 32 heavy (non-hydrogen) atoms. The van der Waals surface area contributed by atoms with Crippen molar-refractivity contribution in [1.82, 2.24) is 15.1 Å². The summed E-state index contributed by atoms with van der Waals surface area (Å²) in [6, 6.07) is 16.8. The van der Waals surface area contributed by atoms with E-state index in [0.29, 0.717) is 19.5 Å². The average Bonchev–Trinajstić information content (AvgIpc) is 2.83. The SMILES string of the molecule is COc1ccc(CN(C(C)=O)[C@H](Cc2ccccc2)C(=O)NCCN2CCOCC2)cc1. The van der Waals surface area contributed by atoms with E-state index < -0.39 is 6.04 Å². The van der Waals surface area contributed by atoms with Crippen LogP contribution in [0.25, 0.3) is 0 Å². The lowest BCUT2D eigenvalue weighted by Gasteiger charge is -2.31. The Labute approximate surface area is 190 Å². The van der Waals surface area contributed by atoms with E-state index in [4.69, 9.17) is 9.47 Å². The van der Waals surface area contributed by atoms with Crippen LogP contribution in [0.2, 0.25) is 0 Å². The molecule has 1 fully saturated rings. The van der Waals surface area contributed by atoms with Gasteiger partial charge in [-0.15, -0.1) is 0 Å². The summed E-state index contributed by atoms with van der Waals surface area (Å²) in [6.07, 6.45) is 0.458. The van der Waals surface area contributed by atoms with Crippen molar-refractivity contribution in [3.63, 3.8) is 0 Å². The highest BCUT2D eigenvalue weighted by Crippen LogP contribution is 2.17. The minimum Gasteiger partial charge on any atom is -0.497 e. The van der Waals surface area contributed by atoms with Gasteiger partial charge in [-0.3, -0.25) is 14.5 Å². The lowest BCUT2D eigenvalue weighted by Crippen LogP contribution is -2.51. The molecule has 1 aliphatic rings. The zero-order valence-electron chi connectivity index (χ0n) is 19.0. The molecule has 1 aliphatic heterocycles. The second kappa shape index (κ2) is 12.2. The normalized spacial score (nSPS) is 15.1.